The molecule has 0 fully saturated rings. The average Bonchev–Trinajstić information content (AvgIpc) is 2.34. The Balaban J connectivity index is 2.50. The number of nitro groups is 1. The summed E-state index contributed by atoms with van der Waals surface area (Å²) in [4.78, 5) is 11.3. The van der Waals surface area contributed by atoms with Gasteiger partial charge in [-0.2, -0.15) is 0 Å². The number of hydrogen-bond donors (Lipinski definition) is 1. The van der Waals surface area contributed by atoms with Crippen LogP contribution in [0.3, 0.4) is 0 Å². The van der Waals surface area contributed by atoms with Crippen molar-refractivity contribution in [3.63, 3.8) is 0 Å². The van der Waals surface area contributed by atoms with E-state index >= 15 is 0 Å². The van der Waals surface area contributed by atoms with Crippen LogP contribution in [0.15, 0.2) is 29.2 Å². The van der Waals surface area contributed by atoms with E-state index in [0.29, 0.717) is 12.0 Å². The van der Waals surface area contributed by atoms with Crippen molar-refractivity contribution in [3.8, 4) is 0 Å². The lowest BCUT2D eigenvalue weighted by atomic mass is 10.2. The summed E-state index contributed by atoms with van der Waals surface area (Å²) in [5, 5.41) is 14.2. The molecule has 0 aliphatic carbocycles. The van der Waals surface area contributed by atoms with E-state index in [9.17, 15) is 10.1 Å². The van der Waals surface area contributed by atoms with Crippen LogP contribution in [0, 0.1) is 16.0 Å². The van der Waals surface area contributed by atoms with Crippen molar-refractivity contribution in [2.75, 3.05) is 12.3 Å². The molecule has 0 heterocycles. The summed E-state index contributed by atoms with van der Waals surface area (Å²) >= 11 is 1.55. The second-order valence-electron chi connectivity index (χ2n) is 4.70. The van der Waals surface area contributed by atoms with Gasteiger partial charge in [0.1, 0.15) is 0 Å². The summed E-state index contributed by atoms with van der Waals surface area (Å²) in [6.07, 6.45) is 0. The molecule has 0 radical (unpaired) electrons. The highest BCUT2D eigenvalue weighted by atomic mass is 32.2. The van der Waals surface area contributed by atoms with E-state index in [1.807, 2.05) is 12.1 Å². The molecule has 100 valence electrons. The van der Waals surface area contributed by atoms with E-state index in [1.54, 1.807) is 23.9 Å². The Morgan fingerprint density at radius 1 is 1.33 bits per heavy atom. The zero-order valence-corrected chi connectivity index (χ0v) is 11.9. The zero-order chi connectivity index (χ0) is 13.5. The third-order valence-electron chi connectivity index (χ3n) is 2.46. The summed E-state index contributed by atoms with van der Waals surface area (Å²) in [5.74, 6) is 1.36. The molecule has 0 spiro atoms. The lowest BCUT2D eigenvalue weighted by molar-refractivity contribution is -0.387. The maximum Gasteiger partial charge on any atom is 0.282 e. The molecule has 1 N–H and O–H groups in total. The highest BCUT2D eigenvalue weighted by Crippen LogP contribution is 2.29. The van der Waals surface area contributed by atoms with Crippen molar-refractivity contribution in [1.29, 1.82) is 0 Å². The van der Waals surface area contributed by atoms with Crippen molar-refractivity contribution < 1.29 is 4.92 Å². The quantitative estimate of drug-likeness (QED) is 0.468. The van der Waals surface area contributed by atoms with Crippen LogP contribution in [-0.2, 0) is 0 Å². The molecule has 0 saturated heterocycles. The molecule has 18 heavy (non-hydrogen) atoms. The van der Waals surface area contributed by atoms with Gasteiger partial charge >= 0.3 is 0 Å². The van der Waals surface area contributed by atoms with Gasteiger partial charge in [0.2, 0.25) is 0 Å². The lowest BCUT2D eigenvalue weighted by Crippen LogP contribution is -2.28. The van der Waals surface area contributed by atoms with Crippen molar-refractivity contribution in [3.05, 3.63) is 34.4 Å². The fourth-order valence-electron chi connectivity index (χ4n) is 1.46. The number of nitro benzene ring substituents is 1. The molecular formula is C13H20N2O2S. The smallest absolute Gasteiger partial charge is 0.282 e. The predicted molar refractivity (Wildman–Crippen MR) is 76.1 cm³/mol. The monoisotopic (exact) mass is 268 g/mol. The summed E-state index contributed by atoms with van der Waals surface area (Å²) in [7, 11) is 0. The van der Waals surface area contributed by atoms with Crippen molar-refractivity contribution in [1.82, 2.24) is 5.32 Å². The minimum absolute atomic E-state index is 0.200. The highest BCUT2D eigenvalue weighted by molar-refractivity contribution is 7.99. The largest absolute Gasteiger partial charge is 0.314 e. The van der Waals surface area contributed by atoms with Crippen LogP contribution < -0.4 is 5.32 Å². The Bertz CT molecular complexity index is 396. The number of nitrogens with one attached hydrogen (secondary N) is 1. The Labute approximate surface area is 112 Å². The third-order valence-corrected chi connectivity index (χ3v) is 3.85. The van der Waals surface area contributed by atoms with Crippen LogP contribution in [0.5, 0.6) is 0 Å². The second kappa shape index (κ2) is 7.38. The first-order valence-corrected chi connectivity index (χ1v) is 7.09. The SMILES string of the molecule is CC(CNC(C)C)CSc1ccccc1[N+](=O)[O-]. The van der Waals surface area contributed by atoms with Crippen LogP contribution >= 0.6 is 11.8 Å². The number of para-hydroxylation sites is 1. The first kappa shape index (κ1) is 15.0. The third kappa shape index (κ3) is 5.06. The normalized spacial score (nSPS) is 12.7. The Kier molecular flexibility index (Phi) is 6.15. The van der Waals surface area contributed by atoms with E-state index in [4.69, 9.17) is 0 Å². The molecular weight excluding hydrogens is 248 g/mol. The molecule has 0 aliphatic heterocycles. The first-order chi connectivity index (χ1) is 8.50. The fraction of sp³-hybridized carbons (Fsp3) is 0.538. The number of hydrogen-bond acceptors (Lipinski definition) is 4. The van der Waals surface area contributed by atoms with Crippen LogP contribution in [0.2, 0.25) is 0 Å². The van der Waals surface area contributed by atoms with E-state index in [1.165, 1.54) is 0 Å². The summed E-state index contributed by atoms with van der Waals surface area (Å²) in [6.45, 7) is 7.31. The number of nitrogens with zero attached hydrogens (tertiary/aromatic N) is 1. The van der Waals surface area contributed by atoms with Gasteiger partial charge < -0.3 is 5.32 Å². The molecule has 0 aliphatic rings. The maximum atomic E-state index is 10.9. The van der Waals surface area contributed by atoms with Gasteiger partial charge in [0, 0.05) is 17.9 Å². The molecule has 1 aromatic rings. The number of rotatable bonds is 7. The number of thioether (sulfide) groups is 1. The number of benzene rings is 1. The summed E-state index contributed by atoms with van der Waals surface area (Å²) < 4.78 is 0. The molecule has 0 saturated carbocycles. The van der Waals surface area contributed by atoms with E-state index in [2.05, 4.69) is 26.1 Å². The van der Waals surface area contributed by atoms with Crippen molar-refractivity contribution in [2.45, 2.75) is 31.7 Å². The van der Waals surface area contributed by atoms with Gasteiger partial charge in [0.15, 0.2) is 0 Å². The fourth-order valence-corrected chi connectivity index (χ4v) is 2.51. The predicted octanol–water partition coefficient (Wildman–Crippen LogP) is 3.32. The molecule has 1 unspecified atom stereocenters. The van der Waals surface area contributed by atoms with Crippen LogP contribution in [0.4, 0.5) is 5.69 Å². The molecule has 1 aromatic carbocycles. The highest BCUT2D eigenvalue weighted by Gasteiger charge is 2.13. The van der Waals surface area contributed by atoms with Gasteiger partial charge in [0.25, 0.3) is 5.69 Å². The minimum Gasteiger partial charge on any atom is -0.314 e. The van der Waals surface area contributed by atoms with Crippen LogP contribution in [0.1, 0.15) is 20.8 Å². The topological polar surface area (TPSA) is 55.2 Å². The zero-order valence-electron chi connectivity index (χ0n) is 11.1. The average molecular weight is 268 g/mol. The van der Waals surface area contributed by atoms with Crippen LogP contribution in [-0.4, -0.2) is 23.3 Å². The van der Waals surface area contributed by atoms with Crippen LogP contribution in [0.25, 0.3) is 0 Å². The minimum atomic E-state index is -0.320. The Morgan fingerprint density at radius 3 is 2.61 bits per heavy atom. The first-order valence-electron chi connectivity index (χ1n) is 6.10. The molecule has 5 heteroatoms. The van der Waals surface area contributed by atoms with Crippen molar-refractivity contribution in [2.24, 2.45) is 5.92 Å². The van der Waals surface area contributed by atoms with Crippen molar-refractivity contribution >= 4 is 17.4 Å². The van der Waals surface area contributed by atoms with Gasteiger partial charge in [-0.3, -0.25) is 10.1 Å². The van der Waals surface area contributed by atoms with E-state index in [0.717, 1.165) is 17.2 Å². The van der Waals surface area contributed by atoms with Gasteiger partial charge in [-0.1, -0.05) is 32.9 Å². The van der Waals surface area contributed by atoms with Gasteiger partial charge in [-0.25, -0.2) is 0 Å². The van der Waals surface area contributed by atoms with E-state index in [-0.39, 0.29) is 10.6 Å². The molecule has 0 aromatic heterocycles. The lowest BCUT2D eigenvalue weighted by Gasteiger charge is -2.14. The van der Waals surface area contributed by atoms with E-state index < -0.39 is 0 Å². The molecule has 1 rings (SSSR count). The molecule has 0 amide bonds. The van der Waals surface area contributed by atoms with Gasteiger partial charge in [-0.15, -0.1) is 11.8 Å². The summed E-state index contributed by atoms with van der Waals surface area (Å²) in [5.41, 5.74) is 0.200. The maximum absolute atomic E-state index is 10.9. The summed E-state index contributed by atoms with van der Waals surface area (Å²) in [6, 6.07) is 7.38. The molecule has 0 bridgehead atoms. The van der Waals surface area contributed by atoms with Gasteiger partial charge in [0.05, 0.1) is 9.82 Å². The van der Waals surface area contributed by atoms with Gasteiger partial charge in [-0.05, 0) is 18.5 Å². The Hall–Kier alpha value is -1.07. The Morgan fingerprint density at radius 2 is 2.00 bits per heavy atom. The molecule has 1 atom stereocenters. The second-order valence-corrected chi connectivity index (χ2v) is 5.77. The standard InChI is InChI=1S/C13H20N2O2S/c1-10(2)14-8-11(3)9-18-13-7-5-4-6-12(13)15(16)17/h4-7,10-11,14H,8-9H2,1-3H3. The molecule has 4 nitrogen and oxygen atoms in total.